The molecule has 1 amide bonds. The molecule has 0 atom stereocenters. The monoisotopic (exact) mass is 361 g/mol. The largest absolute Gasteiger partial charge is 0.339 e. The van der Waals surface area contributed by atoms with Crippen LogP contribution in [0, 0.1) is 26.7 Å². The van der Waals surface area contributed by atoms with Gasteiger partial charge >= 0.3 is 0 Å². The zero-order valence-electron chi connectivity index (χ0n) is 16.4. The van der Waals surface area contributed by atoms with Crippen LogP contribution in [0.5, 0.6) is 0 Å². The zero-order chi connectivity index (χ0) is 19.0. The van der Waals surface area contributed by atoms with Gasteiger partial charge in [0.05, 0.1) is 17.4 Å². The number of amides is 1. The molecule has 1 aliphatic heterocycles. The minimum Gasteiger partial charge on any atom is -0.339 e. The minimum absolute atomic E-state index is 0.163. The fraction of sp³-hybridized carbons (Fsp3) is 0.391. The topological polar surface area (TPSA) is 38.1 Å². The lowest BCUT2D eigenvalue weighted by molar-refractivity contribution is 0.0683. The molecule has 1 saturated heterocycles. The lowest BCUT2D eigenvalue weighted by Crippen LogP contribution is -2.39. The number of imidazole rings is 1. The summed E-state index contributed by atoms with van der Waals surface area (Å²) in [5.74, 6) is 0.752. The second-order valence-corrected chi connectivity index (χ2v) is 7.93. The van der Waals surface area contributed by atoms with Crippen molar-refractivity contribution in [1.29, 1.82) is 0 Å². The van der Waals surface area contributed by atoms with Crippen molar-refractivity contribution in [3.05, 3.63) is 65.0 Å². The van der Waals surface area contributed by atoms with Crippen molar-refractivity contribution >= 4 is 16.9 Å². The summed E-state index contributed by atoms with van der Waals surface area (Å²) in [4.78, 5) is 19.3. The highest BCUT2D eigenvalue weighted by Gasteiger charge is 2.24. The number of hydrogen-bond donors (Lipinski definition) is 0. The van der Waals surface area contributed by atoms with Crippen LogP contribution in [0.1, 0.15) is 39.9 Å². The quantitative estimate of drug-likeness (QED) is 0.688. The highest BCUT2D eigenvalue weighted by molar-refractivity contribution is 5.94. The number of aromatic nitrogens is 2. The number of aryl methyl sites for hydroxylation is 3. The van der Waals surface area contributed by atoms with Gasteiger partial charge in [0.1, 0.15) is 0 Å². The smallest absolute Gasteiger partial charge is 0.253 e. The standard InChI is InChI=1S/C23H27N3O/c1-16-5-4-6-20(11-16)23(27)25-9-7-19(8-10-25)14-26-15-24-21-12-17(2)18(3)13-22(21)26/h4-6,11-13,15,19H,7-10,14H2,1-3H3. The van der Waals surface area contributed by atoms with Crippen molar-refractivity contribution in [2.24, 2.45) is 5.92 Å². The zero-order valence-corrected chi connectivity index (χ0v) is 16.4. The Morgan fingerprint density at radius 3 is 2.56 bits per heavy atom. The van der Waals surface area contributed by atoms with Crippen LogP contribution in [0.4, 0.5) is 0 Å². The van der Waals surface area contributed by atoms with Crippen LogP contribution in [0.2, 0.25) is 0 Å². The summed E-state index contributed by atoms with van der Waals surface area (Å²) in [5.41, 5.74) is 6.83. The lowest BCUT2D eigenvalue weighted by atomic mass is 9.96. The Morgan fingerprint density at radius 1 is 1.07 bits per heavy atom. The molecule has 4 rings (SSSR count). The SMILES string of the molecule is Cc1cccc(C(=O)N2CCC(Cn3cnc4cc(C)c(C)cc43)CC2)c1. The van der Waals surface area contributed by atoms with Crippen molar-refractivity contribution < 1.29 is 4.79 Å². The number of likely N-dealkylation sites (tertiary alicyclic amines) is 1. The maximum Gasteiger partial charge on any atom is 0.253 e. The van der Waals surface area contributed by atoms with Gasteiger partial charge in [0.2, 0.25) is 0 Å². The van der Waals surface area contributed by atoms with Gasteiger partial charge in [-0.25, -0.2) is 4.98 Å². The first-order valence-electron chi connectivity index (χ1n) is 9.79. The summed E-state index contributed by atoms with van der Waals surface area (Å²) in [5, 5.41) is 0. The van der Waals surface area contributed by atoms with Gasteiger partial charge < -0.3 is 9.47 Å². The van der Waals surface area contributed by atoms with Crippen LogP contribution in [0.25, 0.3) is 11.0 Å². The van der Waals surface area contributed by atoms with Gasteiger partial charge in [0, 0.05) is 25.2 Å². The first-order chi connectivity index (χ1) is 13.0. The summed E-state index contributed by atoms with van der Waals surface area (Å²) in [6.07, 6.45) is 4.05. The van der Waals surface area contributed by atoms with E-state index in [0.717, 1.165) is 49.1 Å². The summed E-state index contributed by atoms with van der Waals surface area (Å²) >= 11 is 0. The molecule has 1 fully saturated rings. The molecule has 0 radical (unpaired) electrons. The molecule has 0 spiro atoms. The van der Waals surface area contributed by atoms with E-state index in [9.17, 15) is 4.79 Å². The Balaban J connectivity index is 1.41. The van der Waals surface area contributed by atoms with Crippen LogP contribution in [0.15, 0.2) is 42.7 Å². The van der Waals surface area contributed by atoms with Crippen molar-refractivity contribution in [3.63, 3.8) is 0 Å². The van der Waals surface area contributed by atoms with Crippen molar-refractivity contribution in [1.82, 2.24) is 14.5 Å². The summed E-state index contributed by atoms with van der Waals surface area (Å²) < 4.78 is 2.28. The predicted octanol–water partition coefficient (Wildman–Crippen LogP) is 4.51. The van der Waals surface area contributed by atoms with Gasteiger partial charge in [0.25, 0.3) is 5.91 Å². The molecule has 0 unspecified atom stereocenters. The number of carbonyl (C=O) groups excluding carboxylic acids is 1. The third-order valence-electron chi connectivity index (χ3n) is 5.86. The number of hydrogen-bond acceptors (Lipinski definition) is 2. The Kier molecular flexibility index (Phi) is 4.73. The molecule has 2 heterocycles. The van der Waals surface area contributed by atoms with E-state index in [1.54, 1.807) is 0 Å². The molecule has 140 valence electrons. The maximum atomic E-state index is 12.7. The molecule has 4 nitrogen and oxygen atoms in total. The van der Waals surface area contributed by atoms with E-state index in [0.29, 0.717) is 5.92 Å². The molecule has 1 aliphatic rings. The lowest BCUT2D eigenvalue weighted by Gasteiger charge is -2.32. The van der Waals surface area contributed by atoms with Crippen molar-refractivity contribution in [2.75, 3.05) is 13.1 Å². The van der Waals surface area contributed by atoms with Gasteiger partial charge in [-0.1, -0.05) is 17.7 Å². The fourth-order valence-corrected chi connectivity index (χ4v) is 4.02. The van der Waals surface area contributed by atoms with Crippen LogP contribution in [-0.4, -0.2) is 33.4 Å². The molecule has 0 bridgehead atoms. The molecular weight excluding hydrogens is 334 g/mol. The van der Waals surface area contributed by atoms with E-state index in [4.69, 9.17) is 0 Å². The van der Waals surface area contributed by atoms with E-state index < -0.39 is 0 Å². The molecule has 3 aromatic rings. The van der Waals surface area contributed by atoms with Gasteiger partial charge in [-0.3, -0.25) is 4.79 Å². The van der Waals surface area contributed by atoms with E-state index in [2.05, 4.69) is 35.5 Å². The molecule has 0 N–H and O–H groups in total. The number of carbonyl (C=O) groups is 1. The minimum atomic E-state index is 0.163. The number of benzene rings is 2. The first-order valence-corrected chi connectivity index (χ1v) is 9.79. The molecule has 4 heteroatoms. The van der Waals surface area contributed by atoms with Crippen molar-refractivity contribution in [3.8, 4) is 0 Å². The molecule has 2 aromatic carbocycles. The van der Waals surface area contributed by atoms with E-state index in [1.807, 2.05) is 42.4 Å². The summed E-state index contributed by atoms with van der Waals surface area (Å²) in [6, 6.07) is 12.3. The Hall–Kier alpha value is -2.62. The van der Waals surface area contributed by atoms with Gasteiger partial charge in [-0.15, -0.1) is 0 Å². The number of rotatable bonds is 3. The number of fused-ring (bicyclic) bond motifs is 1. The molecule has 27 heavy (non-hydrogen) atoms. The van der Waals surface area contributed by atoms with Crippen LogP contribution >= 0.6 is 0 Å². The molecule has 0 saturated carbocycles. The van der Waals surface area contributed by atoms with Gasteiger partial charge in [0.15, 0.2) is 0 Å². The normalized spacial score (nSPS) is 15.4. The average molecular weight is 361 g/mol. The van der Waals surface area contributed by atoms with E-state index in [1.165, 1.54) is 16.6 Å². The third-order valence-corrected chi connectivity index (χ3v) is 5.86. The van der Waals surface area contributed by atoms with Crippen LogP contribution < -0.4 is 0 Å². The second-order valence-electron chi connectivity index (χ2n) is 7.93. The van der Waals surface area contributed by atoms with Gasteiger partial charge in [-0.2, -0.15) is 0 Å². The maximum absolute atomic E-state index is 12.7. The Labute approximate surface area is 160 Å². The fourth-order valence-electron chi connectivity index (χ4n) is 4.02. The molecule has 1 aromatic heterocycles. The van der Waals surface area contributed by atoms with E-state index in [-0.39, 0.29) is 5.91 Å². The van der Waals surface area contributed by atoms with Crippen molar-refractivity contribution in [2.45, 2.75) is 40.2 Å². The van der Waals surface area contributed by atoms with E-state index >= 15 is 0 Å². The number of piperidine rings is 1. The molecular formula is C23H27N3O. The number of nitrogens with zero attached hydrogens (tertiary/aromatic N) is 3. The third kappa shape index (κ3) is 3.61. The first kappa shape index (κ1) is 17.8. The highest BCUT2D eigenvalue weighted by Crippen LogP contribution is 2.24. The van der Waals surface area contributed by atoms with Crippen LogP contribution in [-0.2, 0) is 6.54 Å². The van der Waals surface area contributed by atoms with Gasteiger partial charge in [-0.05, 0) is 74.9 Å². The second kappa shape index (κ2) is 7.18. The Bertz CT molecular complexity index is 980. The highest BCUT2D eigenvalue weighted by atomic mass is 16.2. The Morgan fingerprint density at radius 2 is 1.81 bits per heavy atom. The summed E-state index contributed by atoms with van der Waals surface area (Å²) in [6.45, 7) is 8.97. The van der Waals surface area contributed by atoms with Crippen LogP contribution in [0.3, 0.4) is 0 Å². The average Bonchev–Trinajstić information content (AvgIpc) is 3.04. The predicted molar refractivity (Wildman–Crippen MR) is 109 cm³/mol. The molecule has 0 aliphatic carbocycles. The summed E-state index contributed by atoms with van der Waals surface area (Å²) in [7, 11) is 0.